The molecule has 0 saturated carbocycles. The Balaban J connectivity index is 0.00000176. The second-order valence-corrected chi connectivity index (χ2v) is 4.28. The third kappa shape index (κ3) is 3.44. The molecule has 0 bridgehead atoms. The molecule has 27 heavy (non-hydrogen) atoms. The second kappa shape index (κ2) is 8.27. The number of phenolic OH excluding ortho intramolecular Hbond substituents is 1. The van der Waals surface area contributed by atoms with Crippen LogP contribution in [-0.4, -0.2) is 5.11 Å². The van der Waals surface area contributed by atoms with Crippen LogP contribution in [0.3, 0.4) is 0 Å². The van der Waals surface area contributed by atoms with Crippen molar-refractivity contribution in [3.8, 4) is 29.4 Å². The smallest absolute Gasteiger partial charge is 0.208 e. The van der Waals surface area contributed by atoms with Gasteiger partial charge < -0.3 is 9.84 Å². The van der Waals surface area contributed by atoms with E-state index in [1.165, 1.54) is 0 Å². The summed E-state index contributed by atoms with van der Waals surface area (Å²) < 4.78 is 99.0. The van der Waals surface area contributed by atoms with Gasteiger partial charge >= 0.3 is 0 Å². The molecule has 0 aliphatic carbocycles. The highest BCUT2D eigenvalue weighted by Crippen LogP contribution is 2.39. The van der Waals surface area contributed by atoms with E-state index in [1.807, 2.05) is 13.8 Å². The quantitative estimate of drug-likeness (QED) is 0.581. The van der Waals surface area contributed by atoms with Crippen molar-refractivity contribution < 1.29 is 40.6 Å². The first-order chi connectivity index (χ1) is 12.7. The average molecular weight is 392 g/mol. The number of ether oxygens (including phenoxy) is 1. The van der Waals surface area contributed by atoms with Crippen molar-refractivity contribution in [2.75, 3.05) is 0 Å². The number of hydrogen-bond donors (Lipinski definition) is 1. The van der Waals surface area contributed by atoms with Gasteiger partial charge in [-0.05, 0) is 0 Å². The highest BCUT2D eigenvalue weighted by molar-refractivity contribution is 5.53. The molecule has 1 N–H and O–H groups in total. The number of halogens is 7. The molecule has 11 heteroatoms. The van der Waals surface area contributed by atoms with E-state index in [9.17, 15) is 30.7 Å². The van der Waals surface area contributed by atoms with Crippen LogP contribution in [0.4, 0.5) is 30.7 Å². The fourth-order valence-electron chi connectivity index (χ4n) is 1.73. The van der Waals surface area contributed by atoms with Crippen molar-refractivity contribution in [1.82, 2.24) is 0 Å². The lowest BCUT2D eigenvalue weighted by Crippen LogP contribution is -2.07. The third-order valence-corrected chi connectivity index (χ3v) is 2.91. The van der Waals surface area contributed by atoms with Crippen LogP contribution in [0.1, 0.15) is 25.0 Å². The van der Waals surface area contributed by atoms with Crippen LogP contribution >= 0.6 is 0 Å². The summed E-state index contributed by atoms with van der Waals surface area (Å²) in [6.07, 6.45) is 0. The highest BCUT2D eigenvalue weighted by Gasteiger charge is 2.31. The molecule has 2 rings (SSSR count). The van der Waals surface area contributed by atoms with E-state index in [4.69, 9.17) is 15.6 Å². The van der Waals surface area contributed by atoms with Crippen LogP contribution in [0, 0.1) is 63.4 Å². The zero-order chi connectivity index (χ0) is 21.0. The normalized spacial score (nSPS) is 9.74. The molecule has 0 radical (unpaired) electrons. The molecular weight excluding hydrogens is 385 g/mol. The van der Waals surface area contributed by atoms with Crippen molar-refractivity contribution in [3.05, 3.63) is 51.8 Å². The van der Waals surface area contributed by atoms with Crippen molar-refractivity contribution in [2.24, 2.45) is 0 Å². The first-order valence-electron chi connectivity index (χ1n) is 6.90. The lowest BCUT2D eigenvalue weighted by atomic mass is 10.1. The monoisotopic (exact) mass is 392 g/mol. The summed E-state index contributed by atoms with van der Waals surface area (Å²) in [5, 5.41) is 26.1. The average Bonchev–Trinajstić information content (AvgIpc) is 2.68. The second-order valence-electron chi connectivity index (χ2n) is 4.28. The molecule has 0 aliphatic heterocycles. The number of rotatable bonds is 2. The van der Waals surface area contributed by atoms with Gasteiger partial charge in [-0.3, -0.25) is 0 Å². The van der Waals surface area contributed by atoms with Crippen molar-refractivity contribution in [2.45, 2.75) is 13.8 Å². The van der Waals surface area contributed by atoms with Crippen LogP contribution < -0.4 is 4.74 Å². The van der Waals surface area contributed by atoms with Crippen LogP contribution in [0.25, 0.3) is 0 Å². The van der Waals surface area contributed by atoms with Gasteiger partial charge in [-0.25, -0.2) is 8.78 Å². The van der Waals surface area contributed by atoms with E-state index < -0.39 is 69.1 Å². The fourth-order valence-corrected chi connectivity index (χ4v) is 1.73. The predicted molar refractivity (Wildman–Crippen MR) is 75.1 cm³/mol. The molecule has 4 nitrogen and oxygen atoms in total. The topological polar surface area (TPSA) is 77.0 Å². The zero-order valence-corrected chi connectivity index (χ0v) is 13.4. The third-order valence-electron chi connectivity index (χ3n) is 2.91. The van der Waals surface area contributed by atoms with E-state index in [1.54, 1.807) is 0 Å². The van der Waals surface area contributed by atoms with Gasteiger partial charge in [-0.15, -0.1) is 0 Å². The minimum absolute atomic E-state index is 1.00. The van der Waals surface area contributed by atoms with Crippen molar-refractivity contribution in [3.63, 3.8) is 0 Å². The minimum atomic E-state index is -2.38. The Labute approximate surface area is 147 Å². The summed E-state index contributed by atoms with van der Waals surface area (Å²) in [4.78, 5) is 0. The number of aromatic hydroxyl groups is 1. The first kappa shape index (κ1) is 21.6. The Kier molecular flexibility index (Phi) is 6.61. The number of benzene rings is 2. The van der Waals surface area contributed by atoms with Crippen LogP contribution in [-0.2, 0) is 0 Å². The van der Waals surface area contributed by atoms with E-state index in [-0.39, 0.29) is 0 Å². The van der Waals surface area contributed by atoms with Crippen LogP contribution in [0.15, 0.2) is 0 Å². The number of nitriles is 2. The molecule has 2 aromatic carbocycles. The van der Waals surface area contributed by atoms with Gasteiger partial charge in [-0.2, -0.15) is 32.5 Å². The molecule has 0 amide bonds. The molecule has 0 heterocycles. The van der Waals surface area contributed by atoms with Gasteiger partial charge in [-0.1, -0.05) is 13.8 Å². The van der Waals surface area contributed by atoms with Gasteiger partial charge in [0.05, 0.1) is 0 Å². The molecular formula is C16H7F7N2O2. The summed E-state index contributed by atoms with van der Waals surface area (Å²) in [6, 6.07) is 2.01. The lowest BCUT2D eigenvalue weighted by Gasteiger charge is -2.13. The molecule has 0 fully saturated rings. The fraction of sp³-hybridized carbons (Fsp3) is 0.125. The molecule has 0 atom stereocenters. The van der Waals surface area contributed by atoms with E-state index >= 15 is 0 Å². The molecule has 0 unspecified atom stereocenters. The Hall–Kier alpha value is -3.47. The van der Waals surface area contributed by atoms with Crippen LogP contribution in [0.5, 0.6) is 17.2 Å². The van der Waals surface area contributed by atoms with E-state index in [0.29, 0.717) is 0 Å². The largest absolute Gasteiger partial charge is 0.503 e. The molecule has 0 aromatic heterocycles. The minimum Gasteiger partial charge on any atom is -0.503 e. The Morgan fingerprint density at radius 3 is 1.37 bits per heavy atom. The molecule has 142 valence electrons. The summed E-state index contributed by atoms with van der Waals surface area (Å²) in [5.41, 5.74) is -2.72. The molecule has 0 saturated heterocycles. The zero-order valence-electron chi connectivity index (χ0n) is 13.4. The summed E-state index contributed by atoms with van der Waals surface area (Å²) in [7, 11) is 0. The predicted octanol–water partition coefficient (Wildman–Crippen LogP) is 4.93. The molecule has 0 aliphatic rings. The van der Waals surface area contributed by atoms with Gasteiger partial charge in [0, 0.05) is 0 Å². The van der Waals surface area contributed by atoms with Gasteiger partial charge in [0.25, 0.3) is 0 Å². The van der Waals surface area contributed by atoms with Gasteiger partial charge in [0.15, 0.2) is 17.4 Å². The maximum Gasteiger partial charge on any atom is 0.208 e. The van der Waals surface area contributed by atoms with Gasteiger partial charge in [0.1, 0.15) is 23.3 Å². The van der Waals surface area contributed by atoms with Crippen molar-refractivity contribution in [1.29, 1.82) is 10.5 Å². The van der Waals surface area contributed by atoms with Crippen molar-refractivity contribution >= 4 is 0 Å². The standard InChI is InChI=1S/C14HF7N2O2.C2H6/c15-5-3(1-22)4(2-23)6(16)13(9(5)19)25-14-10(20)7(17)12(24)8(18)11(14)21;1-2/h24H;1-2H3. The molecule has 0 spiro atoms. The number of nitrogens with zero attached hydrogens (tertiary/aromatic N) is 2. The SMILES string of the molecule is CC.N#Cc1c(F)c(F)c(Oc2c(F)c(F)c(O)c(F)c2F)c(F)c1C#N. The Morgan fingerprint density at radius 2 is 0.963 bits per heavy atom. The van der Waals surface area contributed by atoms with E-state index in [2.05, 4.69) is 4.74 Å². The highest BCUT2D eigenvalue weighted by atomic mass is 19.2. The number of hydrogen-bond acceptors (Lipinski definition) is 4. The maximum absolute atomic E-state index is 14.0. The lowest BCUT2D eigenvalue weighted by molar-refractivity contribution is 0.310. The number of phenols is 1. The first-order valence-corrected chi connectivity index (χ1v) is 6.90. The van der Waals surface area contributed by atoms with E-state index in [0.717, 1.165) is 12.1 Å². The van der Waals surface area contributed by atoms with Gasteiger partial charge in [0.2, 0.25) is 40.6 Å². The summed E-state index contributed by atoms with van der Waals surface area (Å²) in [6.45, 7) is 4.00. The molecule has 2 aromatic rings. The maximum atomic E-state index is 14.0. The summed E-state index contributed by atoms with van der Waals surface area (Å²) >= 11 is 0. The summed E-state index contributed by atoms with van der Waals surface area (Å²) in [5.74, 6) is -21.9. The Morgan fingerprint density at radius 1 is 0.630 bits per heavy atom. The Bertz CT molecular complexity index is 965. The van der Waals surface area contributed by atoms with Crippen LogP contribution in [0.2, 0.25) is 0 Å².